The molecule has 1 aromatic rings. The van der Waals surface area contributed by atoms with Crippen LogP contribution in [0.5, 0.6) is 11.5 Å². The Labute approximate surface area is 141 Å². The van der Waals surface area contributed by atoms with E-state index in [1.165, 1.54) is 12.6 Å². The summed E-state index contributed by atoms with van der Waals surface area (Å²) < 4.78 is 10.6. The number of amides is 1. The average molecular weight is 327 g/mol. The molecule has 1 amide bonds. The zero-order valence-corrected chi connectivity index (χ0v) is 13.5. The van der Waals surface area contributed by atoms with Crippen LogP contribution in [0, 0.1) is 11.3 Å². The van der Waals surface area contributed by atoms with Gasteiger partial charge in [0, 0.05) is 18.8 Å². The van der Waals surface area contributed by atoms with Gasteiger partial charge >= 0.3 is 0 Å². The number of nitriles is 1. The Hall–Kier alpha value is -2.68. The topological polar surface area (TPSA) is 83.4 Å². The second-order valence-electron chi connectivity index (χ2n) is 6.05. The Morgan fingerprint density at radius 2 is 2.04 bits per heavy atom. The highest BCUT2D eigenvalue weighted by Crippen LogP contribution is 2.32. The fourth-order valence-corrected chi connectivity index (χ4v) is 2.98. The lowest BCUT2D eigenvalue weighted by atomic mass is 9.95. The largest absolute Gasteiger partial charge is 0.454 e. The molecule has 0 spiro atoms. The van der Waals surface area contributed by atoms with E-state index in [1.807, 2.05) is 24.3 Å². The van der Waals surface area contributed by atoms with Gasteiger partial charge in [-0.2, -0.15) is 5.26 Å². The zero-order chi connectivity index (χ0) is 16.8. The maximum absolute atomic E-state index is 12.2. The molecule has 0 unspecified atom stereocenters. The van der Waals surface area contributed by atoms with E-state index < -0.39 is 0 Å². The molecule has 0 aromatic heterocycles. The molecule has 1 heterocycles. The molecular weight excluding hydrogens is 306 g/mol. The van der Waals surface area contributed by atoms with Crippen molar-refractivity contribution in [2.24, 2.45) is 0 Å². The van der Waals surface area contributed by atoms with Gasteiger partial charge in [0.15, 0.2) is 11.5 Å². The summed E-state index contributed by atoms with van der Waals surface area (Å²) in [6.07, 6.45) is 6.97. The van der Waals surface area contributed by atoms with Crippen molar-refractivity contribution in [1.29, 1.82) is 5.26 Å². The first-order chi connectivity index (χ1) is 11.8. The molecule has 0 saturated heterocycles. The van der Waals surface area contributed by atoms with Crippen LogP contribution < -0.4 is 20.1 Å². The number of rotatable bonds is 5. The lowest BCUT2D eigenvalue weighted by Gasteiger charge is -2.22. The lowest BCUT2D eigenvalue weighted by Crippen LogP contribution is -2.37. The SMILES string of the molecule is N#C/C(=C/NCc1ccc2c(c1)OCO2)C(=O)NC1CCCCC1. The normalized spacial score (nSPS) is 17.2. The van der Waals surface area contributed by atoms with Gasteiger partial charge in [0.05, 0.1) is 0 Å². The van der Waals surface area contributed by atoms with Gasteiger partial charge in [-0.1, -0.05) is 25.3 Å². The van der Waals surface area contributed by atoms with Crippen LogP contribution in [0.3, 0.4) is 0 Å². The van der Waals surface area contributed by atoms with Crippen molar-refractivity contribution in [2.75, 3.05) is 6.79 Å². The van der Waals surface area contributed by atoms with Crippen molar-refractivity contribution >= 4 is 5.91 Å². The molecule has 24 heavy (non-hydrogen) atoms. The minimum absolute atomic E-state index is 0.0984. The average Bonchev–Trinajstić information content (AvgIpc) is 3.07. The van der Waals surface area contributed by atoms with E-state index in [1.54, 1.807) is 0 Å². The number of carbonyl (C=O) groups excluding carboxylic acids is 1. The molecule has 126 valence electrons. The molecule has 1 aliphatic heterocycles. The van der Waals surface area contributed by atoms with E-state index in [2.05, 4.69) is 10.6 Å². The Bertz CT molecular complexity index is 673. The monoisotopic (exact) mass is 327 g/mol. The van der Waals surface area contributed by atoms with Crippen molar-refractivity contribution < 1.29 is 14.3 Å². The predicted octanol–water partition coefficient (Wildman–Crippen LogP) is 2.36. The highest BCUT2D eigenvalue weighted by molar-refractivity contribution is 5.97. The second kappa shape index (κ2) is 7.73. The number of nitrogens with one attached hydrogen (secondary N) is 2. The highest BCUT2D eigenvalue weighted by atomic mass is 16.7. The lowest BCUT2D eigenvalue weighted by molar-refractivity contribution is -0.118. The Kier molecular flexibility index (Phi) is 5.22. The van der Waals surface area contributed by atoms with Crippen LogP contribution in [-0.4, -0.2) is 18.7 Å². The second-order valence-corrected chi connectivity index (χ2v) is 6.05. The molecule has 2 N–H and O–H groups in total. The van der Waals surface area contributed by atoms with Gasteiger partial charge in [0.25, 0.3) is 5.91 Å². The van der Waals surface area contributed by atoms with Gasteiger partial charge in [-0.15, -0.1) is 0 Å². The minimum atomic E-state index is -0.303. The molecule has 6 nitrogen and oxygen atoms in total. The van der Waals surface area contributed by atoms with Crippen LogP contribution >= 0.6 is 0 Å². The van der Waals surface area contributed by atoms with Gasteiger partial charge in [0.1, 0.15) is 11.6 Å². The number of benzene rings is 1. The van der Waals surface area contributed by atoms with Gasteiger partial charge in [-0.05, 0) is 30.5 Å². The van der Waals surface area contributed by atoms with Crippen molar-refractivity contribution in [3.63, 3.8) is 0 Å². The Morgan fingerprint density at radius 1 is 1.25 bits per heavy atom. The predicted molar refractivity (Wildman–Crippen MR) is 88.1 cm³/mol. The number of hydrogen-bond donors (Lipinski definition) is 2. The number of fused-ring (bicyclic) bond motifs is 1. The fraction of sp³-hybridized carbons (Fsp3) is 0.444. The third-order valence-corrected chi connectivity index (χ3v) is 4.30. The molecule has 0 radical (unpaired) electrons. The maximum Gasteiger partial charge on any atom is 0.263 e. The summed E-state index contributed by atoms with van der Waals surface area (Å²) in [6, 6.07) is 7.81. The highest BCUT2D eigenvalue weighted by Gasteiger charge is 2.18. The molecule has 3 rings (SSSR count). The van der Waals surface area contributed by atoms with Crippen LogP contribution in [0.25, 0.3) is 0 Å². The summed E-state index contributed by atoms with van der Waals surface area (Å²) in [5, 5.41) is 15.2. The van der Waals surface area contributed by atoms with E-state index in [-0.39, 0.29) is 24.3 Å². The Morgan fingerprint density at radius 3 is 2.83 bits per heavy atom. The van der Waals surface area contributed by atoms with E-state index in [9.17, 15) is 10.1 Å². The molecule has 1 aliphatic carbocycles. The van der Waals surface area contributed by atoms with Crippen LogP contribution in [0.15, 0.2) is 30.0 Å². The molecular formula is C18H21N3O3. The standard InChI is InChI=1S/C18H21N3O3/c19-9-14(18(22)21-15-4-2-1-3-5-15)11-20-10-13-6-7-16-17(8-13)24-12-23-16/h6-8,11,15,20H,1-5,10,12H2,(H,21,22)/b14-11-. The van der Waals surface area contributed by atoms with Crippen LogP contribution in [0.4, 0.5) is 0 Å². The van der Waals surface area contributed by atoms with Gasteiger partial charge < -0.3 is 20.1 Å². The third-order valence-electron chi connectivity index (χ3n) is 4.30. The summed E-state index contributed by atoms with van der Waals surface area (Å²) in [6.45, 7) is 0.741. The minimum Gasteiger partial charge on any atom is -0.454 e. The summed E-state index contributed by atoms with van der Waals surface area (Å²) >= 11 is 0. The van der Waals surface area contributed by atoms with Gasteiger partial charge in [-0.25, -0.2) is 0 Å². The van der Waals surface area contributed by atoms with Crippen molar-refractivity contribution in [2.45, 2.75) is 44.7 Å². The number of nitrogens with zero attached hydrogens (tertiary/aromatic N) is 1. The van der Waals surface area contributed by atoms with Gasteiger partial charge in [0.2, 0.25) is 6.79 Å². The van der Waals surface area contributed by atoms with E-state index in [0.717, 1.165) is 37.0 Å². The first-order valence-corrected chi connectivity index (χ1v) is 8.29. The first kappa shape index (κ1) is 16.2. The third kappa shape index (κ3) is 3.99. The summed E-state index contributed by atoms with van der Waals surface area (Å²) in [7, 11) is 0. The molecule has 6 heteroatoms. The summed E-state index contributed by atoms with van der Waals surface area (Å²) in [5.41, 5.74) is 1.08. The zero-order valence-electron chi connectivity index (χ0n) is 13.5. The van der Waals surface area contributed by atoms with E-state index in [0.29, 0.717) is 12.3 Å². The number of ether oxygens (including phenoxy) is 2. The molecule has 1 fully saturated rings. The van der Waals surface area contributed by atoms with Gasteiger partial charge in [-0.3, -0.25) is 4.79 Å². The summed E-state index contributed by atoms with van der Waals surface area (Å²) in [5.74, 6) is 1.15. The molecule has 1 saturated carbocycles. The van der Waals surface area contributed by atoms with Crippen molar-refractivity contribution in [1.82, 2.24) is 10.6 Å². The molecule has 0 bridgehead atoms. The first-order valence-electron chi connectivity index (χ1n) is 8.29. The van der Waals surface area contributed by atoms with Crippen LogP contribution in [0.1, 0.15) is 37.7 Å². The smallest absolute Gasteiger partial charge is 0.263 e. The molecule has 0 atom stereocenters. The van der Waals surface area contributed by atoms with Crippen LogP contribution in [0.2, 0.25) is 0 Å². The maximum atomic E-state index is 12.2. The molecule has 2 aliphatic rings. The number of hydrogen-bond acceptors (Lipinski definition) is 5. The number of carbonyl (C=O) groups is 1. The van der Waals surface area contributed by atoms with E-state index >= 15 is 0 Å². The quantitative estimate of drug-likeness (QED) is 0.641. The van der Waals surface area contributed by atoms with Crippen molar-refractivity contribution in [3.8, 4) is 17.6 Å². The summed E-state index contributed by atoms with van der Waals surface area (Å²) in [4.78, 5) is 12.2. The Balaban J connectivity index is 1.53. The fourth-order valence-electron chi connectivity index (χ4n) is 2.98. The molecule has 1 aromatic carbocycles. The van der Waals surface area contributed by atoms with Crippen LogP contribution in [-0.2, 0) is 11.3 Å². The van der Waals surface area contributed by atoms with E-state index in [4.69, 9.17) is 9.47 Å². The van der Waals surface area contributed by atoms with Crippen molar-refractivity contribution in [3.05, 3.63) is 35.5 Å².